The zero-order valence-electron chi connectivity index (χ0n) is 21.1. The Morgan fingerprint density at radius 1 is 0.556 bits per heavy atom. The van der Waals surface area contributed by atoms with Crippen molar-refractivity contribution in [2.24, 2.45) is 0 Å². The monoisotopic (exact) mass is 513 g/mol. The van der Waals surface area contributed by atoms with Crippen LogP contribution in [0.15, 0.2) is 109 Å². The summed E-state index contributed by atoms with van der Waals surface area (Å²) >= 11 is 0. The molecule has 0 amide bonds. The van der Waals surface area contributed by atoms with Gasteiger partial charge in [0.15, 0.2) is 0 Å². The summed E-state index contributed by atoms with van der Waals surface area (Å²) in [6, 6.07) is 39.4. The Labute approximate surface area is 217 Å². The van der Waals surface area contributed by atoms with E-state index in [0.717, 1.165) is 24.6 Å². The van der Waals surface area contributed by atoms with Gasteiger partial charge < -0.3 is 14.4 Å². The Morgan fingerprint density at radius 3 is 1.31 bits per heavy atom. The highest BCUT2D eigenvalue weighted by molar-refractivity contribution is 7.77. The van der Waals surface area contributed by atoms with E-state index in [0.29, 0.717) is 11.3 Å². The van der Waals surface area contributed by atoms with Crippen LogP contribution in [0.3, 0.4) is 0 Å². The molecule has 0 aromatic heterocycles. The maximum Gasteiger partial charge on any atom is 0.126 e. The first-order valence-electron chi connectivity index (χ1n) is 12.3. The van der Waals surface area contributed by atoms with Crippen LogP contribution in [-0.2, 0) is 0 Å². The van der Waals surface area contributed by atoms with Crippen molar-refractivity contribution in [2.45, 2.75) is 11.3 Å². The fraction of sp³-hybridized carbons (Fsp3) is 0.226. The Kier molecular flexibility index (Phi) is 8.02. The van der Waals surface area contributed by atoms with E-state index in [1.165, 1.54) is 21.2 Å². The van der Waals surface area contributed by atoms with Crippen molar-refractivity contribution in [2.75, 3.05) is 34.4 Å². The summed E-state index contributed by atoms with van der Waals surface area (Å²) in [6.07, 6.45) is 0. The predicted octanol–water partition coefficient (Wildman–Crippen LogP) is 4.95. The summed E-state index contributed by atoms with van der Waals surface area (Å²) in [4.78, 5) is 2.52. The molecule has 1 aliphatic heterocycles. The van der Waals surface area contributed by atoms with Gasteiger partial charge in [-0.2, -0.15) is 0 Å². The third kappa shape index (κ3) is 5.07. The lowest BCUT2D eigenvalue weighted by Gasteiger charge is -2.35. The second-order valence-electron chi connectivity index (χ2n) is 9.11. The Morgan fingerprint density at radius 2 is 0.917 bits per heavy atom. The van der Waals surface area contributed by atoms with E-state index < -0.39 is 15.8 Å². The van der Waals surface area contributed by atoms with Gasteiger partial charge in [-0.3, -0.25) is 0 Å². The van der Waals surface area contributed by atoms with E-state index in [2.05, 4.69) is 121 Å². The minimum atomic E-state index is -0.663. The molecule has 0 spiro atoms. The van der Waals surface area contributed by atoms with E-state index in [-0.39, 0.29) is 0 Å². The maximum atomic E-state index is 5.92. The van der Waals surface area contributed by atoms with Gasteiger partial charge in [-0.1, -0.05) is 97.1 Å². The molecular formula is C31H33NO2P2. The molecule has 2 unspecified atom stereocenters. The molecule has 1 fully saturated rings. The molecule has 0 aliphatic carbocycles. The summed E-state index contributed by atoms with van der Waals surface area (Å²) in [5.41, 5.74) is 0.944. The summed E-state index contributed by atoms with van der Waals surface area (Å²) in [7, 11) is 4.53. The zero-order valence-corrected chi connectivity index (χ0v) is 22.9. The first-order valence-corrected chi connectivity index (χ1v) is 15.2. The molecule has 3 nitrogen and oxygen atoms in total. The van der Waals surface area contributed by atoms with Gasteiger partial charge in [0.2, 0.25) is 0 Å². The molecule has 1 heterocycles. The van der Waals surface area contributed by atoms with E-state index in [4.69, 9.17) is 9.47 Å². The van der Waals surface area contributed by atoms with Crippen LogP contribution in [0, 0.1) is 0 Å². The fourth-order valence-electron chi connectivity index (χ4n) is 5.32. The normalized spacial score (nSPS) is 19.5. The molecule has 1 aliphatic rings. The molecule has 0 N–H and O–H groups in total. The number of methoxy groups -OCH3 is 2. The van der Waals surface area contributed by atoms with Crippen molar-refractivity contribution >= 4 is 37.1 Å². The number of nitrogens with zero attached hydrogens (tertiary/aromatic N) is 1. The first-order chi connectivity index (χ1) is 17.7. The Balaban J connectivity index is 1.69. The lowest BCUT2D eigenvalue weighted by Crippen LogP contribution is -2.34. The quantitative estimate of drug-likeness (QED) is 0.311. The number of likely N-dealkylation sites (tertiary alicyclic amines) is 1. The third-order valence-electron chi connectivity index (χ3n) is 6.86. The molecule has 4 aromatic carbocycles. The molecule has 5 rings (SSSR count). The van der Waals surface area contributed by atoms with Crippen molar-refractivity contribution in [1.29, 1.82) is 0 Å². The number of ether oxygens (including phenoxy) is 2. The zero-order chi connectivity index (χ0) is 24.9. The van der Waals surface area contributed by atoms with Crippen molar-refractivity contribution in [1.82, 2.24) is 4.90 Å². The molecule has 36 heavy (non-hydrogen) atoms. The standard InChI is InChI=1S/C31H33NO2P2/c1-32-22-30(35(24-14-6-4-7-15-24)28-20-12-10-18-26(28)33-2)31(23-32)36(25-16-8-5-9-17-25)29-21-13-11-19-27(29)34-3/h4-21,30-31H,22-23H2,1-3H3/t30-,31-,35?,36?/m1/s1. The lowest BCUT2D eigenvalue weighted by molar-refractivity contribution is 0.417. The average molecular weight is 514 g/mol. The van der Waals surface area contributed by atoms with Crippen molar-refractivity contribution < 1.29 is 9.47 Å². The second kappa shape index (κ2) is 11.6. The second-order valence-corrected chi connectivity index (χ2v) is 13.9. The Bertz CT molecular complexity index is 1170. The summed E-state index contributed by atoms with van der Waals surface area (Å²) < 4.78 is 11.8. The van der Waals surface area contributed by atoms with Crippen molar-refractivity contribution in [3.8, 4) is 11.5 Å². The number of hydrogen-bond acceptors (Lipinski definition) is 3. The molecule has 4 atom stereocenters. The predicted molar refractivity (Wildman–Crippen MR) is 156 cm³/mol. The van der Waals surface area contributed by atoms with E-state index in [1.807, 2.05) is 0 Å². The number of hydrogen-bond donors (Lipinski definition) is 0. The maximum absolute atomic E-state index is 5.92. The first kappa shape index (κ1) is 25.0. The number of rotatable bonds is 8. The van der Waals surface area contributed by atoms with Crippen LogP contribution in [-0.4, -0.2) is 50.6 Å². The van der Waals surface area contributed by atoms with Gasteiger partial charge in [0.1, 0.15) is 11.5 Å². The highest BCUT2D eigenvalue weighted by Gasteiger charge is 2.44. The number of benzene rings is 4. The Hall–Kier alpha value is -2.70. The third-order valence-corrected chi connectivity index (χ3v) is 13.0. The van der Waals surface area contributed by atoms with Gasteiger partial charge in [0.05, 0.1) is 14.2 Å². The summed E-state index contributed by atoms with van der Waals surface area (Å²) in [6.45, 7) is 2.12. The fourth-order valence-corrected chi connectivity index (χ4v) is 12.2. The minimum absolute atomic E-state index is 0.472. The smallest absolute Gasteiger partial charge is 0.126 e. The van der Waals surface area contributed by atoms with E-state index in [1.54, 1.807) is 14.2 Å². The van der Waals surface area contributed by atoms with E-state index >= 15 is 0 Å². The molecule has 0 saturated carbocycles. The lowest BCUT2D eigenvalue weighted by atomic mass is 10.3. The van der Waals surface area contributed by atoms with Gasteiger partial charge in [0.25, 0.3) is 0 Å². The van der Waals surface area contributed by atoms with E-state index in [9.17, 15) is 0 Å². The topological polar surface area (TPSA) is 21.7 Å². The minimum Gasteiger partial charge on any atom is -0.496 e. The molecule has 1 saturated heterocycles. The molecule has 0 bridgehead atoms. The molecular weight excluding hydrogens is 480 g/mol. The van der Waals surface area contributed by atoms with Crippen molar-refractivity contribution in [3.63, 3.8) is 0 Å². The highest BCUT2D eigenvalue weighted by atomic mass is 31.1. The van der Waals surface area contributed by atoms with Gasteiger partial charge in [-0.25, -0.2) is 0 Å². The molecule has 0 radical (unpaired) electrons. The van der Waals surface area contributed by atoms with Gasteiger partial charge in [0, 0.05) is 35.0 Å². The van der Waals surface area contributed by atoms with Gasteiger partial charge in [-0.05, 0) is 45.6 Å². The van der Waals surface area contributed by atoms with Gasteiger partial charge >= 0.3 is 0 Å². The van der Waals surface area contributed by atoms with Crippen LogP contribution in [0.4, 0.5) is 0 Å². The van der Waals surface area contributed by atoms with Crippen LogP contribution in [0.1, 0.15) is 0 Å². The molecule has 184 valence electrons. The largest absolute Gasteiger partial charge is 0.496 e. The van der Waals surface area contributed by atoms with Crippen molar-refractivity contribution in [3.05, 3.63) is 109 Å². The highest BCUT2D eigenvalue weighted by Crippen LogP contribution is 2.55. The van der Waals surface area contributed by atoms with Crippen LogP contribution in [0.2, 0.25) is 0 Å². The SMILES string of the molecule is COc1ccccc1P(c1ccccc1)[C@@H]1CN(C)C[C@H]1P(c1ccccc1)c1ccccc1OC. The summed E-state index contributed by atoms with van der Waals surface area (Å²) in [5, 5.41) is 5.47. The van der Waals surface area contributed by atoms with Crippen LogP contribution < -0.4 is 30.7 Å². The number of para-hydroxylation sites is 2. The van der Waals surface area contributed by atoms with Crippen LogP contribution in [0.25, 0.3) is 0 Å². The van der Waals surface area contributed by atoms with Gasteiger partial charge in [-0.15, -0.1) is 0 Å². The van der Waals surface area contributed by atoms with Crippen LogP contribution >= 0.6 is 15.8 Å². The molecule has 4 aromatic rings. The average Bonchev–Trinajstić information content (AvgIpc) is 3.31. The van der Waals surface area contributed by atoms with Crippen LogP contribution in [0.5, 0.6) is 11.5 Å². The molecule has 5 heteroatoms. The summed E-state index contributed by atoms with van der Waals surface area (Å²) in [5.74, 6) is 1.98.